The number of nitrogens with zero attached hydrogens (tertiary/aromatic N) is 3. The Labute approximate surface area is 160 Å². The number of likely N-dealkylation sites (N-methyl/N-ethyl adjacent to an activating group) is 3. The lowest BCUT2D eigenvalue weighted by molar-refractivity contribution is -0.140. The molecule has 0 saturated heterocycles. The van der Waals surface area contributed by atoms with Crippen molar-refractivity contribution in [3.05, 3.63) is 0 Å². The summed E-state index contributed by atoms with van der Waals surface area (Å²) in [6.07, 6.45) is 0. The van der Waals surface area contributed by atoms with E-state index in [1.54, 1.807) is 0 Å². The van der Waals surface area contributed by atoms with E-state index in [0.717, 1.165) is 0 Å². The average molecular weight is 385 g/mol. The minimum absolute atomic E-state index is 0.0286. The third-order valence-corrected chi connectivity index (χ3v) is 3.59. The second-order valence-electron chi connectivity index (χ2n) is 6.76. The summed E-state index contributed by atoms with van der Waals surface area (Å²) in [5, 5.41) is 5.38. The molecule has 0 rings (SSSR count). The van der Waals surface area contributed by atoms with Crippen LogP contribution in [-0.2, 0) is 24.0 Å². The number of carbonyl (C=O) groups is 5. The number of hydrogen-bond acceptors (Lipinski definition) is 6. The minimum Gasteiger partial charge on any atom is -0.345 e. The first-order chi connectivity index (χ1) is 12.4. The Morgan fingerprint density at radius 1 is 0.741 bits per heavy atom. The van der Waals surface area contributed by atoms with Crippen LogP contribution in [0.5, 0.6) is 0 Å². The lowest BCUT2D eigenvalue weighted by Crippen LogP contribution is -2.47. The minimum atomic E-state index is -0.508. The van der Waals surface area contributed by atoms with Gasteiger partial charge in [0.25, 0.3) is 0 Å². The maximum absolute atomic E-state index is 12.1. The molecule has 0 aromatic carbocycles. The van der Waals surface area contributed by atoms with Gasteiger partial charge < -0.3 is 25.3 Å². The highest BCUT2D eigenvalue weighted by Crippen LogP contribution is 1.92. The van der Waals surface area contributed by atoms with Gasteiger partial charge in [0.15, 0.2) is 0 Å². The van der Waals surface area contributed by atoms with Gasteiger partial charge in [-0.15, -0.1) is 0 Å². The monoisotopic (exact) mass is 385 g/mol. The normalized spacial score (nSPS) is 10.3. The molecule has 0 saturated carbocycles. The van der Waals surface area contributed by atoms with E-state index in [0.29, 0.717) is 0 Å². The zero-order valence-corrected chi connectivity index (χ0v) is 17.0. The van der Waals surface area contributed by atoms with Crippen molar-refractivity contribution < 1.29 is 24.0 Å². The maximum Gasteiger partial charge on any atom is 0.242 e. The number of rotatable bonds is 11. The van der Waals surface area contributed by atoms with Crippen LogP contribution in [0.1, 0.15) is 20.8 Å². The standard InChI is InChI=1S/C17H31N5O5/c1-12(2)18-7-15(25)22(6)11-17(27)21(5)10-14(24)19-8-16(26)20(4)9-13(3)23/h12,18H,7-11H2,1-6H3,(H,19,24). The van der Waals surface area contributed by atoms with E-state index in [9.17, 15) is 24.0 Å². The van der Waals surface area contributed by atoms with Crippen LogP contribution in [0, 0.1) is 0 Å². The molecule has 0 aliphatic carbocycles. The first-order valence-electron chi connectivity index (χ1n) is 8.65. The molecule has 0 aliphatic heterocycles. The lowest BCUT2D eigenvalue weighted by Gasteiger charge is -2.22. The van der Waals surface area contributed by atoms with Crippen LogP contribution in [-0.4, -0.2) is 104 Å². The number of Topliss-reactive ketones (excluding diaryl/α,β-unsaturated/α-hetero) is 1. The number of ketones is 1. The zero-order chi connectivity index (χ0) is 21.1. The van der Waals surface area contributed by atoms with Gasteiger partial charge in [-0.1, -0.05) is 13.8 Å². The quantitative estimate of drug-likeness (QED) is 0.427. The van der Waals surface area contributed by atoms with Crippen molar-refractivity contribution in [2.24, 2.45) is 0 Å². The molecule has 0 atom stereocenters. The lowest BCUT2D eigenvalue weighted by atomic mass is 10.3. The Bertz CT molecular complexity index is 564. The van der Waals surface area contributed by atoms with Crippen molar-refractivity contribution in [3.63, 3.8) is 0 Å². The summed E-state index contributed by atoms with van der Waals surface area (Å²) in [6.45, 7) is 4.63. The molecule has 0 unspecified atom stereocenters. The summed E-state index contributed by atoms with van der Waals surface area (Å²) >= 11 is 0. The molecule has 0 fully saturated rings. The van der Waals surface area contributed by atoms with Gasteiger partial charge in [0.05, 0.1) is 32.7 Å². The Morgan fingerprint density at radius 3 is 1.74 bits per heavy atom. The molecule has 0 spiro atoms. The van der Waals surface area contributed by atoms with Gasteiger partial charge in [0, 0.05) is 27.2 Å². The summed E-state index contributed by atoms with van der Waals surface area (Å²) in [4.78, 5) is 62.3. The van der Waals surface area contributed by atoms with Gasteiger partial charge in [0.2, 0.25) is 23.6 Å². The second kappa shape index (κ2) is 12.0. The molecule has 0 aromatic heterocycles. The van der Waals surface area contributed by atoms with Crippen molar-refractivity contribution in [1.29, 1.82) is 0 Å². The molecule has 0 heterocycles. The van der Waals surface area contributed by atoms with Crippen LogP contribution in [0.25, 0.3) is 0 Å². The highest BCUT2D eigenvalue weighted by Gasteiger charge is 2.18. The molecule has 0 aromatic rings. The number of hydrogen-bond donors (Lipinski definition) is 2. The summed E-state index contributed by atoms with van der Waals surface area (Å²) in [5.41, 5.74) is 0. The van der Waals surface area contributed by atoms with Crippen LogP contribution in [0.15, 0.2) is 0 Å². The predicted molar refractivity (Wildman–Crippen MR) is 99.7 cm³/mol. The van der Waals surface area contributed by atoms with Crippen molar-refractivity contribution in [3.8, 4) is 0 Å². The SMILES string of the molecule is CC(=O)CN(C)C(=O)CNC(=O)CN(C)C(=O)CN(C)C(=O)CNC(C)C. The van der Waals surface area contributed by atoms with E-state index in [4.69, 9.17) is 0 Å². The summed E-state index contributed by atoms with van der Waals surface area (Å²) in [6, 6.07) is 0.154. The Kier molecular flexibility index (Phi) is 10.9. The molecule has 0 aliphatic rings. The highest BCUT2D eigenvalue weighted by molar-refractivity contribution is 5.91. The maximum atomic E-state index is 12.1. The van der Waals surface area contributed by atoms with Crippen LogP contribution < -0.4 is 10.6 Å². The van der Waals surface area contributed by atoms with Gasteiger partial charge in [-0.25, -0.2) is 0 Å². The Balaban J connectivity index is 4.30. The molecular formula is C17H31N5O5. The first-order valence-corrected chi connectivity index (χ1v) is 8.65. The van der Waals surface area contributed by atoms with Crippen molar-refractivity contribution >= 4 is 29.4 Å². The van der Waals surface area contributed by atoms with Crippen molar-refractivity contribution in [2.75, 3.05) is 53.9 Å². The second-order valence-corrected chi connectivity index (χ2v) is 6.76. The molecule has 2 N–H and O–H groups in total. The van der Waals surface area contributed by atoms with E-state index >= 15 is 0 Å². The van der Waals surface area contributed by atoms with Crippen molar-refractivity contribution in [2.45, 2.75) is 26.8 Å². The Morgan fingerprint density at radius 2 is 1.22 bits per heavy atom. The smallest absolute Gasteiger partial charge is 0.242 e. The zero-order valence-electron chi connectivity index (χ0n) is 17.0. The van der Waals surface area contributed by atoms with E-state index < -0.39 is 17.7 Å². The van der Waals surface area contributed by atoms with Gasteiger partial charge in [-0.2, -0.15) is 0 Å². The molecule has 0 bridgehead atoms. The largest absolute Gasteiger partial charge is 0.345 e. The topological polar surface area (TPSA) is 119 Å². The van der Waals surface area contributed by atoms with E-state index in [1.165, 1.54) is 42.8 Å². The van der Waals surface area contributed by atoms with Gasteiger partial charge in [-0.05, 0) is 6.92 Å². The fourth-order valence-corrected chi connectivity index (χ4v) is 1.93. The van der Waals surface area contributed by atoms with Crippen LogP contribution in [0.2, 0.25) is 0 Å². The summed E-state index contributed by atoms with van der Waals surface area (Å²) in [7, 11) is 4.42. The van der Waals surface area contributed by atoms with Crippen LogP contribution >= 0.6 is 0 Å². The number of carbonyl (C=O) groups excluding carboxylic acids is 5. The van der Waals surface area contributed by atoms with E-state index in [1.807, 2.05) is 13.8 Å². The molecule has 27 heavy (non-hydrogen) atoms. The molecular weight excluding hydrogens is 354 g/mol. The molecule has 10 heteroatoms. The van der Waals surface area contributed by atoms with Crippen LogP contribution in [0.3, 0.4) is 0 Å². The molecule has 0 radical (unpaired) electrons. The molecule has 10 nitrogen and oxygen atoms in total. The summed E-state index contributed by atoms with van der Waals surface area (Å²) < 4.78 is 0. The fraction of sp³-hybridized carbons (Fsp3) is 0.706. The number of amides is 4. The predicted octanol–water partition coefficient (Wildman–Crippen LogP) is -1.94. The first kappa shape index (κ1) is 24.5. The fourth-order valence-electron chi connectivity index (χ4n) is 1.93. The van der Waals surface area contributed by atoms with Gasteiger partial charge in [-0.3, -0.25) is 24.0 Å². The highest BCUT2D eigenvalue weighted by atomic mass is 16.2. The van der Waals surface area contributed by atoms with Crippen LogP contribution in [0.4, 0.5) is 0 Å². The van der Waals surface area contributed by atoms with E-state index in [2.05, 4.69) is 10.6 Å². The molecule has 154 valence electrons. The third kappa shape index (κ3) is 11.0. The van der Waals surface area contributed by atoms with Gasteiger partial charge in [0.1, 0.15) is 5.78 Å². The summed E-state index contributed by atoms with van der Waals surface area (Å²) in [5.74, 6) is -1.70. The number of nitrogens with one attached hydrogen (secondary N) is 2. The third-order valence-electron chi connectivity index (χ3n) is 3.59. The van der Waals surface area contributed by atoms with Crippen molar-refractivity contribution in [1.82, 2.24) is 25.3 Å². The van der Waals surface area contributed by atoms with E-state index in [-0.39, 0.29) is 50.5 Å². The Hall–Kier alpha value is -2.49. The molecule has 4 amide bonds. The average Bonchev–Trinajstić information content (AvgIpc) is 2.56. The van der Waals surface area contributed by atoms with Gasteiger partial charge >= 0.3 is 0 Å².